The third-order valence-corrected chi connectivity index (χ3v) is 4.79. The number of rotatable bonds is 6. The first kappa shape index (κ1) is 19.3. The third-order valence-electron chi connectivity index (χ3n) is 4.79. The van der Waals surface area contributed by atoms with Gasteiger partial charge in [-0.1, -0.05) is 17.3 Å². The molecule has 3 heterocycles. The molecule has 0 saturated carbocycles. The maximum Gasteiger partial charge on any atom is 0.295 e. The van der Waals surface area contributed by atoms with Gasteiger partial charge < -0.3 is 23.5 Å². The second-order valence-electron chi connectivity index (χ2n) is 6.52. The van der Waals surface area contributed by atoms with E-state index in [1.165, 1.54) is 37.5 Å². The smallest absolute Gasteiger partial charge is 0.295 e. The normalized spacial score (nSPS) is 16.3. The topological polar surface area (TPSA) is 115 Å². The minimum atomic E-state index is -1.05. The molecular weight excluding hydrogens is 392 g/mol. The molecular formula is C21H18N2O7. The van der Waals surface area contributed by atoms with Crippen molar-refractivity contribution in [3.05, 3.63) is 71.1 Å². The van der Waals surface area contributed by atoms with Crippen molar-refractivity contribution in [2.45, 2.75) is 13.0 Å². The summed E-state index contributed by atoms with van der Waals surface area (Å²) in [4.78, 5) is 27.4. The van der Waals surface area contributed by atoms with E-state index in [-0.39, 0.29) is 17.2 Å². The summed E-state index contributed by atoms with van der Waals surface area (Å²) in [5.41, 5.74) is 0.256. The van der Waals surface area contributed by atoms with Crippen molar-refractivity contribution in [1.82, 2.24) is 5.16 Å². The van der Waals surface area contributed by atoms with Gasteiger partial charge >= 0.3 is 0 Å². The molecule has 3 aromatic rings. The lowest BCUT2D eigenvalue weighted by Crippen LogP contribution is -2.31. The molecule has 1 aliphatic heterocycles. The van der Waals surface area contributed by atoms with Crippen molar-refractivity contribution >= 4 is 17.5 Å². The third kappa shape index (κ3) is 2.91. The zero-order valence-electron chi connectivity index (χ0n) is 16.4. The van der Waals surface area contributed by atoms with Crippen molar-refractivity contribution in [3.63, 3.8) is 0 Å². The van der Waals surface area contributed by atoms with Crippen LogP contribution in [0.1, 0.15) is 27.9 Å². The number of hydrogen-bond acceptors (Lipinski definition) is 8. The molecule has 1 N–H and O–H groups in total. The molecule has 0 radical (unpaired) electrons. The van der Waals surface area contributed by atoms with Crippen LogP contribution in [0, 0.1) is 6.92 Å². The zero-order chi connectivity index (χ0) is 21.4. The summed E-state index contributed by atoms with van der Waals surface area (Å²) in [6, 6.07) is 8.53. The van der Waals surface area contributed by atoms with Gasteiger partial charge in [0, 0.05) is 11.6 Å². The van der Waals surface area contributed by atoms with Crippen LogP contribution in [-0.4, -0.2) is 36.2 Å². The van der Waals surface area contributed by atoms with E-state index in [9.17, 15) is 14.7 Å². The Labute approximate surface area is 171 Å². The highest BCUT2D eigenvalue weighted by Crippen LogP contribution is 2.46. The molecule has 0 unspecified atom stereocenters. The number of hydrogen-bond donors (Lipinski definition) is 1. The first-order valence-electron chi connectivity index (χ1n) is 8.97. The molecule has 1 aromatic carbocycles. The first-order chi connectivity index (χ1) is 14.5. The first-order valence-corrected chi connectivity index (χ1v) is 8.97. The van der Waals surface area contributed by atoms with Gasteiger partial charge in [0.05, 0.1) is 26.1 Å². The summed E-state index contributed by atoms with van der Waals surface area (Å²) in [6.07, 6.45) is 1.33. The number of aromatic nitrogens is 1. The second kappa shape index (κ2) is 7.43. The number of nitrogens with zero attached hydrogens (tertiary/aromatic N) is 2. The molecule has 9 heteroatoms. The molecule has 1 atom stereocenters. The number of benzene rings is 1. The maximum atomic E-state index is 13.2. The number of carbonyl (C=O) groups is 2. The summed E-state index contributed by atoms with van der Waals surface area (Å²) < 4.78 is 21.2. The summed E-state index contributed by atoms with van der Waals surface area (Å²) >= 11 is 0. The summed E-state index contributed by atoms with van der Waals surface area (Å²) in [5, 5.41) is 14.6. The van der Waals surface area contributed by atoms with Crippen LogP contribution in [0.2, 0.25) is 0 Å². The number of carbonyl (C=O) groups excluding carboxylic acids is 2. The molecule has 30 heavy (non-hydrogen) atoms. The van der Waals surface area contributed by atoms with E-state index in [2.05, 4.69) is 5.16 Å². The standard InChI is InChI=1S/C21H18N2O7/c1-11-10-15(22-30-11)23-17(12-6-4-7-14(27-2)20(12)28-3)16(19(25)21(23)26)18(24)13-8-5-9-29-13/h4-10,17,25H,1-3H3/t17-/m1/s1. The van der Waals surface area contributed by atoms with Gasteiger partial charge in [-0.3, -0.25) is 14.5 Å². The Morgan fingerprint density at radius 3 is 2.60 bits per heavy atom. The van der Waals surface area contributed by atoms with E-state index < -0.39 is 23.5 Å². The summed E-state index contributed by atoms with van der Waals surface area (Å²) in [5.74, 6) is -0.851. The number of furan rings is 1. The largest absolute Gasteiger partial charge is 0.503 e. The Morgan fingerprint density at radius 1 is 1.20 bits per heavy atom. The van der Waals surface area contributed by atoms with Gasteiger partial charge in [0.2, 0.25) is 5.78 Å². The molecule has 154 valence electrons. The predicted octanol–water partition coefficient (Wildman–Crippen LogP) is 3.38. The van der Waals surface area contributed by atoms with Crippen molar-refractivity contribution in [2.24, 2.45) is 0 Å². The maximum absolute atomic E-state index is 13.2. The van der Waals surface area contributed by atoms with E-state index in [0.29, 0.717) is 22.8 Å². The SMILES string of the molecule is COc1cccc([C@@H]2C(C(=O)c3ccco3)=C(O)C(=O)N2c2cc(C)on2)c1OC. The van der Waals surface area contributed by atoms with E-state index >= 15 is 0 Å². The van der Waals surface area contributed by atoms with Crippen LogP contribution in [0.3, 0.4) is 0 Å². The number of methoxy groups -OCH3 is 2. The van der Waals surface area contributed by atoms with Crippen LogP contribution in [-0.2, 0) is 4.79 Å². The number of ketones is 1. The number of anilines is 1. The van der Waals surface area contributed by atoms with Gasteiger partial charge in [-0.2, -0.15) is 0 Å². The van der Waals surface area contributed by atoms with Gasteiger partial charge in [0.15, 0.2) is 28.8 Å². The van der Waals surface area contributed by atoms with Crippen LogP contribution in [0.4, 0.5) is 5.82 Å². The summed E-state index contributed by atoms with van der Waals surface area (Å²) in [7, 11) is 2.92. The highest BCUT2D eigenvalue weighted by molar-refractivity contribution is 6.20. The predicted molar refractivity (Wildman–Crippen MR) is 104 cm³/mol. The molecule has 0 bridgehead atoms. The van der Waals surface area contributed by atoms with E-state index in [4.69, 9.17) is 18.4 Å². The van der Waals surface area contributed by atoms with Crippen LogP contribution in [0.15, 0.2) is 62.9 Å². The molecule has 0 fully saturated rings. The van der Waals surface area contributed by atoms with Crippen molar-refractivity contribution in [2.75, 3.05) is 19.1 Å². The Bertz CT molecular complexity index is 1140. The van der Waals surface area contributed by atoms with Crippen molar-refractivity contribution in [3.8, 4) is 11.5 Å². The number of aryl methyl sites for hydroxylation is 1. The summed E-state index contributed by atoms with van der Waals surface area (Å²) in [6.45, 7) is 1.67. The fourth-order valence-corrected chi connectivity index (χ4v) is 3.50. The quantitative estimate of drug-likeness (QED) is 0.615. The van der Waals surface area contributed by atoms with Gasteiger partial charge in [-0.15, -0.1) is 0 Å². The molecule has 1 aliphatic rings. The Balaban J connectivity index is 1.95. The average Bonchev–Trinajstić information content (AvgIpc) is 3.48. The number of para-hydroxylation sites is 1. The monoisotopic (exact) mass is 410 g/mol. The van der Waals surface area contributed by atoms with Crippen molar-refractivity contribution in [1.29, 1.82) is 0 Å². The number of aliphatic hydroxyl groups excluding tert-OH is 1. The molecule has 4 rings (SSSR count). The number of Topliss-reactive ketones (excluding diaryl/α,β-unsaturated/α-hetero) is 1. The Kier molecular flexibility index (Phi) is 4.78. The lowest BCUT2D eigenvalue weighted by atomic mass is 9.94. The van der Waals surface area contributed by atoms with E-state index in [1.54, 1.807) is 31.2 Å². The van der Waals surface area contributed by atoms with Gasteiger partial charge in [-0.05, 0) is 25.1 Å². The molecule has 0 spiro atoms. The van der Waals surface area contributed by atoms with Gasteiger partial charge in [0.1, 0.15) is 11.8 Å². The minimum Gasteiger partial charge on any atom is -0.503 e. The molecule has 1 amide bonds. The van der Waals surface area contributed by atoms with Gasteiger partial charge in [-0.25, -0.2) is 0 Å². The van der Waals surface area contributed by atoms with Crippen LogP contribution in [0.5, 0.6) is 11.5 Å². The van der Waals surface area contributed by atoms with Crippen molar-refractivity contribution < 1.29 is 33.1 Å². The van der Waals surface area contributed by atoms with E-state index in [1.807, 2.05) is 0 Å². The molecule has 9 nitrogen and oxygen atoms in total. The van der Waals surface area contributed by atoms with Crippen LogP contribution < -0.4 is 14.4 Å². The lowest BCUT2D eigenvalue weighted by Gasteiger charge is -2.26. The zero-order valence-corrected chi connectivity index (χ0v) is 16.4. The highest BCUT2D eigenvalue weighted by atomic mass is 16.5. The molecule has 0 aliphatic carbocycles. The van der Waals surface area contributed by atoms with Gasteiger partial charge in [0.25, 0.3) is 5.91 Å². The van der Waals surface area contributed by atoms with Crippen LogP contribution >= 0.6 is 0 Å². The fraction of sp³-hybridized carbons (Fsp3) is 0.190. The number of amides is 1. The van der Waals surface area contributed by atoms with E-state index in [0.717, 1.165) is 0 Å². The van der Waals surface area contributed by atoms with Crippen LogP contribution in [0.25, 0.3) is 0 Å². The fourth-order valence-electron chi connectivity index (χ4n) is 3.50. The number of aliphatic hydroxyl groups is 1. The second-order valence-corrected chi connectivity index (χ2v) is 6.52. The average molecular weight is 410 g/mol. The minimum absolute atomic E-state index is 0.0191. The Morgan fingerprint density at radius 2 is 2.00 bits per heavy atom. The number of ether oxygens (including phenoxy) is 2. The Hall–Kier alpha value is -4.01. The highest BCUT2D eigenvalue weighted by Gasteiger charge is 2.47. The molecule has 0 saturated heterocycles. The molecule has 2 aromatic heterocycles. The lowest BCUT2D eigenvalue weighted by molar-refractivity contribution is -0.117.